The topological polar surface area (TPSA) is 54.7 Å². The third-order valence-corrected chi connectivity index (χ3v) is 2.77. The summed E-state index contributed by atoms with van der Waals surface area (Å²) in [7, 11) is 0. The summed E-state index contributed by atoms with van der Waals surface area (Å²) < 4.78 is 17.6. The van der Waals surface area contributed by atoms with Gasteiger partial charge in [-0.25, -0.2) is 4.39 Å². The van der Waals surface area contributed by atoms with Crippen LogP contribution in [0.15, 0.2) is 59.4 Å². The number of aromatic nitrogens is 3. The second kappa shape index (κ2) is 4.89. The number of H-pyrrole nitrogens is 1. The molecule has 94 valence electrons. The standard InChI is InChI=1S/C12H8FN.C2H2N2O/c13-10-6-3-5-9-8-4-1-2-7-11(8)14-12(9)10;1-2-5-4-3-1/h1-7,14H;1-2H. The first kappa shape index (κ1) is 11.4. The molecule has 4 aromatic rings. The van der Waals surface area contributed by atoms with Gasteiger partial charge in [0.05, 0.1) is 11.7 Å². The van der Waals surface area contributed by atoms with E-state index in [0.29, 0.717) is 5.52 Å². The smallest absolute Gasteiger partial charge is 0.147 e. The Bertz CT molecular complexity index is 776. The third-order valence-electron chi connectivity index (χ3n) is 2.77. The predicted octanol–water partition coefficient (Wildman–Crippen LogP) is 3.53. The average molecular weight is 255 g/mol. The van der Waals surface area contributed by atoms with E-state index in [2.05, 4.69) is 19.9 Å². The molecule has 0 fully saturated rings. The molecule has 0 aliphatic carbocycles. The highest BCUT2D eigenvalue weighted by Gasteiger charge is 2.05. The van der Waals surface area contributed by atoms with E-state index in [1.54, 1.807) is 6.07 Å². The van der Waals surface area contributed by atoms with E-state index in [-0.39, 0.29) is 5.82 Å². The number of benzene rings is 2. The highest BCUT2D eigenvalue weighted by atomic mass is 19.1. The molecule has 0 amide bonds. The number of aromatic amines is 1. The van der Waals surface area contributed by atoms with Crippen LogP contribution in [-0.4, -0.2) is 15.4 Å². The molecule has 0 radical (unpaired) electrons. The van der Waals surface area contributed by atoms with E-state index in [4.69, 9.17) is 0 Å². The van der Waals surface area contributed by atoms with Crippen LogP contribution < -0.4 is 0 Å². The van der Waals surface area contributed by atoms with Gasteiger partial charge in [0.25, 0.3) is 0 Å². The number of nitrogens with zero attached hydrogens (tertiary/aromatic N) is 2. The molecule has 0 bridgehead atoms. The van der Waals surface area contributed by atoms with Crippen molar-refractivity contribution in [1.82, 2.24) is 15.4 Å². The number of hydrogen-bond acceptors (Lipinski definition) is 3. The first-order chi connectivity index (χ1) is 9.36. The van der Waals surface area contributed by atoms with Gasteiger partial charge in [0.15, 0.2) is 0 Å². The lowest BCUT2D eigenvalue weighted by molar-refractivity contribution is 0.393. The molecule has 2 aromatic heterocycles. The van der Waals surface area contributed by atoms with Crippen molar-refractivity contribution in [1.29, 1.82) is 0 Å². The minimum atomic E-state index is -0.196. The van der Waals surface area contributed by atoms with Gasteiger partial charge in [0.2, 0.25) is 0 Å². The van der Waals surface area contributed by atoms with Crippen LogP contribution in [0.1, 0.15) is 0 Å². The Morgan fingerprint density at radius 1 is 1.00 bits per heavy atom. The monoisotopic (exact) mass is 255 g/mol. The van der Waals surface area contributed by atoms with Crippen molar-refractivity contribution in [3.05, 3.63) is 60.7 Å². The first-order valence-electron chi connectivity index (χ1n) is 5.72. The van der Waals surface area contributed by atoms with Gasteiger partial charge < -0.3 is 9.51 Å². The van der Waals surface area contributed by atoms with Crippen molar-refractivity contribution < 1.29 is 8.91 Å². The van der Waals surface area contributed by atoms with E-state index < -0.39 is 0 Å². The average Bonchev–Trinajstić information content (AvgIpc) is 3.10. The Morgan fingerprint density at radius 3 is 2.58 bits per heavy atom. The van der Waals surface area contributed by atoms with Gasteiger partial charge in [-0.1, -0.05) is 30.3 Å². The lowest BCUT2D eigenvalue weighted by Crippen LogP contribution is -1.74. The summed E-state index contributed by atoms with van der Waals surface area (Å²) in [6.45, 7) is 0. The second-order valence-corrected chi connectivity index (χ2v) is 3.92. The van der Waals surface area contributed by atoms with Crippen molar-refractivity contribution in [2.45, 2.75) is 0 Å². The Morgan fingerprint density at radius 2 is 1.84 bits per heavy atom. The molecule has 0 unspecified atom stereocenters. The van der Waals surface area contributed by atoms with Gasteiger partial charge in [0.1, 0.15) is 12.1 Å². The van der Waals surface area contributed by atoms with Crippen LogP contribution >= 0.6 is 0 Å². The van der Waals surface area contributed by atoms with E-state index in [0.717, 1.165) is 16.3 Å². The zero-order valence-electron chi connectivity index (χ0n) is 9.88. The van der Waals surface area contributed by atoms with Crippen LogP contribution in [0.25, 0.3) is 21.8 Å². The van der Waals surface area contributed by atoms with Crippen molar-refractivity contribution >= 4 is 21.8 Å². The molecular weight excluding hydrogens is 245 g/mol. The Kier molecular flexibility index (Phi) is 2.94. The molecule has 19 heavy (non-hydrogen) atoms. The molecule has 5 heteroatoms. The van der Waals surface area contributed by atoms with Crippen molar-refractivity contribution in [2.24, 2.45) is 0 Å². The van der Waals surface area contributed by atoms with Crippen LogP contribution in [0.5, 0.6) is 0 Å². The van der Waals surface area contributed by atoms with Crippen molar-refractivity contribution in [3.8, 4) is 0 Å². The fraction of sp³-hybridized carbons (Fsp3) is 0. The molecule has 0 aliphatic rings. The van der Waals surface area contributed by atoms with Gasteiger partial charge >= 0.3 is 0 Å². The normalized spacial score (nSPS) is 10.4. The molecule has 0 saturated carbocycles. The van der Waals surface area contributed by atoms with Crippen molar-refractivity contribution in [3.63, 3.8) is 0 Å². The van der Waals surface area contributed by atoms with E-state index in [1.165, 1.54) is 18.5 Å². The second-order valence-electron chi connectivity index (χ2n) is 3.92. The van der Waals surface area contributed by atoms with Crippen molar-refractivity contribution in [2.75, 3.05) is 0 Å². The van der Waals surface area contributed by atoms with Crippen LogP contribution in [-0.2, 0) is 0 Å². The number of rotatable bonds is 0. The Hall–Kier alpha value is -2.69. The largest absolute Gasteiger partial charge is 0.352 e. The van der Waals surface area contributed by atoms with Gasteiger partial charge in [-0.3, -0.25) is 0 Å². The third kappa shape index (κ3) is 2.18. The zero-order valence-corrected chi connectivity index (χ0v) is 9.88. The summed E-state index contributed by atoms with van der Waals surface area (Å²) in [4.78, 5) is 3.07. The van der Waals surface area contributed by atoms with Gasteiger partial charge in [-0.05, 0) is 12.1 Å². The number of halogens is 1. The molecule has 1 N–H and O–H groups in total. The highest BCUT2D eigenvalue weighted by molar-refractivity contribution is 6.07. The lowest BCUT2D eigenvalue weighted by Gasteiger charge is -1.90. The van der Waals surface area contributed by atoms with Gasteiger partial charge in [-0.15, -0.1) is 5.10 Å². The first-order valence-corrected chi connectivity index (χ1v) is 5.72. The Labute approximate surface area is 107 Å². The molecule has 2 heterocycles. The highest BCUT2D eigenvalue weighted by Crippen LogP contribution is 2.26. The molecule has 2 aromatic carbocycles. The SMILES string of the molecule is Fc1cccc2c1[nH]c1ccccc12.c1conn1. The van der Waals surface area contributed by atoms with Crippen LogP contribution in [0, 0.1) is 5.82 Å². The summed E-state index contributed by atoms with van der Waals surface area (Å²) >= 11 is 0. The van der Waals surface area contributed by atoms with Gasteiger partial charge in [0, 0.05) is 21.6 Å². The fourth-order valence-electron chi connectivity index (χ4n) is 1.97. The van der Waals surface area contributed by atoms with E-state index in [1.807, 2.05) is 30.3 Å². The molecule has 4 rings (SSSR count). The molecular formula is C14H10FN3O. The maximum atomic E-state index is 13.4. The summed E-state index contributed by atoms with van der Waals surface area (Å²) in [5, 5.41) is 8.42. The number of nitrogens with one attached hydrogen (secondary N) is 1. The number of hydrogen-bond donors (Lipinski definition) is 1. The minimum Gasteiger partial charge on any atom is -0.352 e. The summed E-state index contributed by atoms with van der Waals surface area (Å²) in [5.74, 6) is -0.196. The van der Waals surface area contributed by atoms with Crippen LogP contribution in [0.2, 0.25) is 0 Å². The van der Waals surface area contributed by atoms with Crippen LogP contribution in [0.4, 0.5) is 4.39 Å². The van der Waals surface area contributed by atoms with E-state index >= 15 is 0 Å². The summed E-state index contributed by atoms with van der Waals surface area (Å²) in [6.07, 6.45) is 2.88. The number of para-hydroxylation sites is 2. The maximum absolute atomic E-state index is 13.4. The van der Waals surface area contributed by atoms with Crippen LogP contribution in [0.3, 0.4) is 0 Å². The Balaban J connectivity index is 0.000000187. The fourth-order valence-corrected chi connectivity index (χ4v) is 1.97. The molecule has 0 saturated heterocycles. The quantitative estimate of drug-likeness (QED) is 0.523. The molecule has 0 spiro atoms. The van der Waals surface area contributed by atoms with E-state index in [9.17, 15) is 4.39 Å². The lowest BCUT2D eigenvalue weighted by atomic mass is 10.1. The number of fused-ring (bicyclic) bond motifs is 3. The predicted molar refractivity (Wildman–Crippen MR) is 70.1 cm³/mol. The summed E-state index contributed by atoms with van der Waals surface area (Å²) in [6, 6.07) is 13.0. The van der Waals surface area contributed by atoms with Gasteiger partial charge in [-0.2, -0.15) is 0 Å². The summed E-state index contributed by atoms with van der Waals surface area (Å²) in [5.41, 5.74) is 1.57. The molecule has 0 atom stereocenters. The zero-order chi connectivity index (χ0) is 13.1. The minimum absolute atomic E-state index is 0.196. The maximum Gasteiger partial charge on any atom is 0.147 e. The molecule has 0 aliphatic heterocycles. The molecule has 4 nitrogen and oxygen atoms in total.